The Morgan fingerprint density at radius 3 is 2.82 bits per heavy atom. The second-order valence-electron chi connectivity index (χ2n) is 3.30. The number of pyridine rings is 1. The average Bonchev–Trinajstić information content (AvgIpc) is 2.68. The van der Waals surface area contributed by atoms with Gasteiger partial charge >= 0.3 is 0 Å². The lowest BCUT2D eigenvalue weighted by Gasteiger charge is -2.07. The first-order valence-electron chi connectivity index (χ1n) is 4.64. The lowest BCUT2D eigenvalue weighted by Crippen LogP contribution is -2.14. The van der Waals surface area contributed by atoms with Crippen LogP contribution in [0.3, 0.4) is 0 Å². The maximum atomic E-state index is 12.0. The van der Waals surface area contributed by atoms with Crippen LogP contribution in [0.25, 0.3) is 0 Å². The number of rotatable bonds is 3. The van der Waals surface area contributed by atoms with Crippen LogP contribution in [0.1, 0.15) is 5.69 Å². The Morgan fingerprint density at radius 2 is 2.24 bits per heavy atom. The molecule has 8 heteroatoms. The summed E-state index contributed by atoms with van der Waals surface area (Å²) >= 11 is 3.22. The number of aromatic amines is 1. The van der Waals surface area contributed by atoms with Crippen molar-refractivity contribution in [3.8, 4) is 0 Å². The van der Waals surface area contributed by atoms with Gasteiger partial charge in [0.1, 0.15) is 4.90 Å². The van der Waals surface area contributed by atoms with E-state index >= 15 is 0 Å². The minimum absolute atomic E-state index is 0.107. The standard InChI is InChI=1S/C9H9BrN4O2S/c1-6-8(5-12-13-6)17(15,16)14-9-7(10)3-2-4-11-9/h2-5H,1H3,(H,11,14)(H,12,13). The number of hydrogen-bond acceptors (Lipinski definition) is 4. The van der Waals surface area contributed by atoms with E-state index < -0.39 is 10.0 Å². The number of hydrogen-bond donors (Lipinski definition) is 2. The Kier molecular flexibility index (Phi) is 3.16. The molecule has 0 saturated heterocycles. The largest absolute Gasteiger partial charge is 0.281 e. The fourth-order valence-corrected chi connectivity index (χ4v) is 2.91. The van der Waals surface area contributed by atoms with E-state index in [4.69, 9.17) is 0 Å². The number of H-pyrrole nitrogens is 1. The predicted molar refractivity (Wildman–Crippen MR) is 66.1 cm³/mol. The van der Waals surface area contributed by atoms with E-state index in [1.54, 1.807) is 19.1 Å². The van der Waals surface area contributed by atoms with Crippen molar-refractivity contribution in [2.45, 2.75) is 11.8 Å². The molecule has 2 aromatic rings. The van der Waals surface area contributed by atoms with Gasteiger partial charge in [-0.05, 0) is 35.0 Å². The first-order chi connectivity index (χ1) is 8.00. The molecule has 17 heavy (non-hydrogen) atoms. The number of aryl methyl sites for hydroxylation is 1. The fraction of sp³-hybridized carbons (Fsp3) is 0.111. The molecule has 0 aliphatic carbocycles. The average molecular weight is 317 g/mol. The lowest BCUT2D eigenvalue weighted by atomic mass is 10.5. The quantitative estimate of drug-likeness (QED) is 0.901. The van der Waals surface area contributed by atoms with Crippen molar-refractivity contribution >= 4 is 31.8 Å². The molecule has 0 spiro atoms. The molecular formula is C9H9BrN4O2S. The number of aromatic nitrogens is 3. The molecule has 0 atom stereocenters. The van der Waals surface area contributed by atoms with Crippen LogP contribution in [0.2, 0.25) is 0 Å². The third kappa shape index (κ3) is 2.47. The van der Waals surface area contributed by atoms with Crippen LogP contribution < -0.4 is 4.72 Å². The van der Waals surface area contributed by atoms with Crippen LogP contribution in [0.15, 0.2) is 33.9 Å². The molecule has 0 aliphatic rings. The number of nitrogens with one attached hydrogen (secondary N) is 2. The van der Waals surface area contributed by atoms with Gasteiger partial charge in [0.15, 0.2) is 5.82 Å². The van der Waals surface area contributed by atoms with Crippen molar-refractivity contribution in [3.63, 3.8) is 0 Å². The molecule has 2 rings (SSSR count). The van der Waals surface area contributed by atoms with E-state index in [-0.39, 0.29) is 10.7 Å². The van der Waals surface area contributed by atoms with E-state index in [2.05, 4.69) is 35.8 Å². The van der Waals surface area contributed by atoms with Gasteiger partial charge in [-0.25, -0.2) is 13.4 Å². The molecule has 0 amide bonds. The first kappa shape index (κ1) is 12.1. The Bertz CT molecular complexity index is 638. The SMILES string of the molecule is Cc1[nH]ncc1S(=O)(=O)Nc1ncccc1Br. The lowest BCUT2D eigenvalue weighted by molar-refractivity contribution is 0.600. The minimum atomic E-state index is -3.66. The van der Waals surface area contributed by atoms with Crippen molar-refractivity contribution in [1.82, 2.24) is 15.2 Å². The molecule has 0 saturated carbocycles. The zero-order valence-electron chi connectivity index (χ0n) is 8.81. The smallest absolute Gasteiger partial charge is 0.266 e. The first-order valence-corrected chi connectivity index (χ1v) is 6.91. The molecule has 0 fully saturated rings. The van der Waals surface area contributed by atoms with Crippen LogP contribution in [0.5, 0.6) is 0 Å². The summed E-state index contributed by atoms with van der Waals surface area (Å²) in [4.78, 5) is 4.04. The Labute approximate surface area is 107 Å². The summed E-state index contributed by atoms with van der Waals surface area (Å²) in [6.45, 7) is 1.63. The van der Waals surface area contributed by atoms with Gasteiger partial charge in [0.05, 0.1) is 16.4 Å². The van der Waals surface area contributed by atoms with Gasteiger partial charge in [-0.1, -0.05) is 0 Å². The molecule has 0 bridgehead atoms. The highest BCUT2D eigenvalue weighted by atomic mass is 79.9. The summed E-state index contributed by atoms with van der Waals surface area (Å²) < 4.78 is 27.0. The van der Waals surface area contributed by atoms with Crippen LogP contribution in [0, 0.1) is 6.92 Å². The highest BCUT2D eigenvalue weighted by Crippen LogP contribution is 2.22. The normalized spacial score (nSPS) is 11.4. The fourth-order valence-electron chi connectivity index (χ4n) is 1.25. The summed E-state index contributed by atoms with van der Waals surface area (Å²) in [7, 11) is -3.66. The molecule has 2 N–H and O–H groups in total. The zero-order valence-corrected chi connectivity index (χ0v) is 11.2. The van der Waals surface area contributed by atoms with E-state index in [1.165, 1.54) is 12.4 Å². The summed E-state index contributed by atoms with van der Waals surface area (Å²) in [5.74, 6) is 0.244. The monoisotopic (exact) mass is 316 g/mol. The van der Waals surface area contributed by atoms with Crippen LogP contribution in [-0.2, 0) is 10.0 Å². The summed E-state index contributed by atoms with van der Waals surface area (Å²) in [6, 6.07) is 3.40. The number of nitrogens with zero attached hydrogens (tertiary/aromatic N) is 2. The molecule has 90 valence electrons. The van der Waals surface area contributed by atoms with E-state index in [9.17, 15) is 8.42 Å². The molecule has 2 aromatic heterocycles. The zero-order chi connectivity index (χ0) is 12.5. The predicted octanol–water partition coefficient (Wildman–Crippen LogP) is 1.68. The van der Waals surface area contributed by atoms with Crippen molar-refractivity contribution in [3.05, 3.63) is 34.7 Å². The van der Waals surface area contributed by atoms with Crippen LogP contribution in [-0.4, -0.2) is 23.6 Å². The highest BCUT2D eigenvalue weighted by molar-refractivity contribution is 9.10. The topological polar surface area (TPSA) is 87.7 Å². The molecule has 0 unspecified atom stereocenters. The molecule has 2 heterocycles. The van der Waals surface area contributed by atoms with Gasteiger partial charge in [0.25, 0.3) is 10.0 Å². The highest BCUT2D eigenvalue weighted by Gasteiger charge is 2.19. The summed E-state index contributed by atoms with van der Waals surface area (Å²) in [6.07, 6.45) is 2.76. The maximum Gasteiger partial charge on any atom is 0.266 e. The second-order valence-corrected chi connectivity index (χ2v) is 5.80. The molecule has 0 aromatic carbocycles. The van der Waals surface area contributed by atoms with Gasteiger partial charge in [-0.15, -0.1) is 0 Å². The third-order valence-corrected chi connectivity index (χ3v) is 4.16. The van der Waals surface area contributed by atoms with Crippen LogP contribution in [0.4, 0.5) is 5.82 Å². The summed E-state index contributed by atoms with van der Waals surface area (Å²) in [5.41, 5.74) is 0.476. The summed E-state index contributed by atoms with van der Waals surface area (Å²) in [5, 5.41) is 6.25. The third-order valence-electron chi connectivity index (χ3n) is 2.06. The van der Waals surface area contributed by atoms with Crippen molar-refractivity contribution in [2.24, 2.45) is 0 Å². The number of sulfonamides is 1. The van der Waals surface area contributed by atoms with Crippen molar-refractivity contribution in [2.75, 3.05) is 4.72 Å². The van der Waals surface area contributed by atoms with E-state index in [1.807, 2.05) is 0 Å². The number of anilines is 1. The van der Waals surface area contributed by atoms with Gasteiger partial charge < -0.3 is 0 Å². The van der Waals surface area contributed by atoms with Crippen molar-refractivity contribution in [1.29, 1.82) is 0 Å². The van der Waals surface area contributed by atoms with Gasteiger partial charge in [-0.3, -0.25) is 9.82 Å². The minimum Gasteiger partial charge on any atom is -0.281 e. The Hall–Kier alpha value is -1.41. The molecular weight excluding hydrogens is 308 g/mol. The van der Waals surface area contributed by atoms with Gasteiger partial charge in [-0.2, -0.15) is 5.10 Å². The maximum absolute atomic E-state index is 12.0. The Balaban J connectivity index is 2.37. The van der Waals surface area contributed by atoms with Gasteiger partial charge in [0, 0.05) is 6.20 Å². The van der Waals surface area contributed by atoms with E-state index in [0.29, 0.717) is 10.2 Å². The van der Waals surface area contributed by atoms with Crippen molar-refractivity contribution < 1.29 is 8.42 Å². The second kappa shape index (κ2) is 4.46. The molecule has 0 aliphatic heterocycles. The molecule has 0 radical (unpaired) electrons. The Morgan fingerprint density at radius 1 is 1.47 bits per heavy atom. The molecule has 6 nitrogen and oxygen atoms in total. The van der Waals surface area contributed by atoms with Gasteiger partial charge in [0.2, 0.25) is 0 Å². The van der Waals surface area contributed by atoms with E-state index in [0.717, 1.165) is 0 Å². The number of halogens is 1. The van der Waals surface area contributed by atoms with Crippen LogP contribution >= 0.6 is 15.9 Å².